The number of hydrogen-bond donors (Lipinski definition) is 1. The highest BCUT2D eigenvalue weighted by atomic mass is 16.6. The summed E-state index contributed by atoms with van der Waals surface area (Å²) in [5.74, 6) is -1.05. The third kappa shape index (κ3) is 11.2. The van der Waals surface area contributed by atoms with Gasteiger partial charge in [-0.15, -0.1) is 0 Å². The maximum atomic E-state index is 13.6. The van der Waals surface area contributed by atoms with Crippen LogP contribution in [0.25, 0.3) is 0 Å². The maximum absolute atomic E-state index is 13.6. The fourth-order valence-electron chi connectivity index (χ4n) is 5.96. The van der Waals surface area contributed by atoms with Gasteiger partial charge in [0.2, 0.25) is 0 Å². The molecule has 51 heavy (non-hydrogen) atoms. The highest BCUT2D eigenvalue weighted by molar-refractivity contribution is 5.89. The number of benzene rings is 4. The minimum atomic E-state index is -0.914. The molecule has 1 aliphatic rings. The van der Waals surface area contributed by atoms with E-state index in [1.54, 1.807) is 20.8 Å². The number of carbonyl (C=O) groups excluding carboxylic acids is 2. The van der Waals surface area contributed by atoms with Gasteiger partial charge in [-0.05, 0) is 56.0 Å². The van der Waals surface area contributed by atoms with Gasteiger partial charge in [-0.3, -0.25) is 10.1 Å². The monoisotopic (exact) mass is 696 g/mol. The summed E-state index contributed by atoms with van der Waals surface area (Å²) < 4.78 is 31.4. The molecule has 11 nitrogen and oxygen atoms in total. The van der Waals surface area contributed by atoms with Crippen molar-refractivity contribution in [1.82, 2.24) is 5.32 Å². The van der Waals surface area contributed by atoms with E-state index in [1.165, 1.54) is 24.3 Å². The molecule has 0 radical (unpaired) electrons. The molecule has 4 aromatic rings. The summed E-state index contributed by atoms with van der Waals surface area (Å²) in [5.41, 5.74) is 2.01. The predicted molar refractivity (Wildman–Crippen MR) is 190 cm³/mol. The SMILES string of the molecule is CC(C)(C)OC(=O)NC1C(OC(=O)c2ccc([N+](=O)[O-])cc2)CC(COCc2ccccc2)C(OCc2ccccc2)C1OCc1ccccc1. The average molecular weight is 697 g/mol. The first kappa shape index (κ1) is 37.2. The molecule has 5 rings (SSSR count). The topological polar surface area (TPSA) is 135 Å². The van der Waals surface area contributed by atoms with Crippen molar-refractivity contribution in [3.8, 4) is 0 Å². The van der Waals surface area contributed by atoms with Crippen molar-refractivity contribution in [3.63, 3.8) is 0 Å². The number of carbonyl (C=O) groups is 2. The Morgan fingerprint density at radius 1 is 0.745 bits per heavy atom. The van der Waals surface area contributed by atoms with Crippen molar-refractivity contribution in [2.24, 2.45) is 5.92 Å². The Bertz CT molecular complexity index is 1700. The lowest BCUT2D eigenvalue weighted by Gasteiger charge is -2.46. The lowest BCUT2D eigenvalue weighted by atomic mass is 9.79. The van der Waals surface area contributed by atoms with Gasteiger partial charge in [0.15, 0.2) is 0 Å². The first-order chi connectivity index (χ1) is 24.6. The van der Waals surface area contributed by atoms with E-state index >= 15 is 0 Å². The summed E-state index contributed by atoms with van der Waals surface area (Å²) >= 11 is 0. The number of esters is 1. The summed E-state index contributed by atoms with van der Waals surface area (Å²) in [7, 11) is 0. The van der Waals surface area contributed by atoms with E-state index in [0.717, 1.165) is 16.7 Å². The van der Waals surface area contributed by atoms with Crippen LogP contribution in [0.4, 0.5) is 10.5 Å². The van der Waals surface area contributed by atoms with E-state index in [4.69, 9.17) is 23.7 Å². The average Bonchev–Trinajstić information content (AvgIpc) is 3.12. The zero-order chi connectivity index (χ0) is 36.2. The zero-order valence-corrected chi connectivity index (χ0v) is 29.0. The summed E-state index contributed by atoms with van der Waals surface area (Å²) in [6.07, 6.45) is -2.81. The Labute approximate surface area is 298 Å². The van der Waals surface area contributed by atoms with E-state index < -0.39 is 46.9 Å². The Hall–Kier alpha value is -5.10. The highest BCUT2D eigenvalue weighted by Crippen LogP contribution is 2.35. The van der Waals surface area contributed by atoms with E-state index in [9.17, 15) is 19.7 Å². The second-order valence-corrected chi connectivity index (χ2v) is 13.4. The largest absolute Gasteiger partial charge is 0.456 e. The molecule has 0 saturated heterocycles. The van der Waals surface area contributed by atoms with E-state index in [2.05, 4.69) is 5.32 Å². The van der Waals surface area contributed by atoms with Crippen LogP contribution in [-0.4, -0.2) is 53.5 Å². The number of amides is 1. The van der Waals surface area contributed by atoms with Crippen molar-refractivity contribution >= 4 is 17.7 Å². The van der Waals surface area contributed by atoms with Crippen LogP contribution in [0.5, 0.6) is 0 Å². The molecule has 1 N–H and O–H groups in total. The predicted octanol–water partition coefficient (Wildman–Crippen LogP) is 7.42. The van der Waals surface area contributed by atoms with Crippen molar-refractivity contribution < 1.29 is 38.2 Å². The first-order valence-corrected chi connectivity index (χ1v) is 16.9. The first-order valence-electron chi connectivity index (χ1n) is 16.9. The number of nitrogens with zero attached hydrogens (tertiary/aromatic N) is 1. The molecule has 0 spiro atoms. The molecule has 1 amide bonds. The molecule has 0 aromatic heterocycles. The van der Waals surface area contributed by atoms with E-state index in [1.807, 2.05) is 91.0 Å². The number of hydrogen-bond acceptors (Lipinski definition) is 9. The highest BCUT2D eigenvalue weighted by Gasteiger charge is 2.49. The quantitative estimate of drug-likeness (QED) is 0.0812. The van der Waals surface area contributed by atoms with Crippen LogP contribution < -0.4 is 5.32 Å². The summed E-state index contributed by atoms with van der Waals surface area (Å²) in [4.78, 5) is 37.7. The lowest BCUT2D eigenvalue weighted by Crippen LogP contribution is -2.63. The minimum Gasteiger partial charge on any atom is -0.456 e. The molecule has 5 atom stereocenters. The summed E-state index contributed by atoms with van der Waals surface area (Å²) in [6.45, 7) is 6.32. The zero-order valence-electron chi connectivity index (χ0n) is 29.0. The molecular weight excluding hydrogens is 652 g/mol. The molecule has 11 heteroatoms. The fraction of sp³-hybridized carbons (Fsp3) is 0.350. The third-order valence-corrected chi connectivity index (χ3v) is 8.35. The molecule has 1 saturated carbocycles. The van der Waals surface area contributed by atoms with Gasteiger partial charge >= 0.3 is 12.1 Å². The van der Waals surface area contributed by atoms with Crippen LogP contribution in [-0.2, 0) is 43.5 Å². The second kappa shape index (κ2) is 17.7. The van der Waals surface area contributed by atoms with Gasteiger partial charge in [0.05, 0.1) is 49.1 Å². The smallest absolute Gasteiger partial charge is 0.408 e. The Morgan fingerprint density at radius 3 is 1.76 bits per heavy atom. The third-order valence-electron chi connectivity index (χ3n) is 8.35. The van der Waals surface area contributed by atoms with Crippen molar-refractivity contribution in [3.05, 3.63) is 148 Å². The molecule has 0 bridgehead atoms. The molecule has 0 heterocycles. The van der Waals surface area contributed by atoms with E-state index in [-0.39, 0.29) is 43.4 Å². The van der Waals surface area contributed by atoms with E-state index in [0.29, 0.717) is 6.61 Å². The van der Waals surface area contributed by atoms with Gasteiger partial charge in [0.1, 0.15) is 17.8 Å². The maximum Gasteiger partial charge on any atom is 0.408 e. The molecular formula is C40H44N2O9. The lowest BCUT2D eigenvalue weighted by molar-refractivity contribution is -0.384. The van der Waals surface area contributed by atoms with Crippen LogP contribution in [0, 0.1) is 16.0 Å². The van der Waals surface area contributed by atoms with Gasteiger partial charge < -0.3 is 29.0 Å². The molecule has 0 aliphatic heterocycles. The van der Waals surface area contributed by atoms with Crippen molar-refractivity contribution in [2.45, 2.75) is 77.0 Å². The van der Waals surface area contributed by atoms with Gasteiger partial charge in [0, 0.05) is 18.1 Å². The van der Waals surface area contributed by atoms with Gasteiger partial charge in [-0.25, -0.2) is 9.59 Å². The number of nitro benzene ring substituents is 1. The normalized spacial score (nSPS) is 20.3. The molecule has 1 fully saturated rings. The minimum absolute atomic E-state index is 0.123. The van der Waals surface area contributed by atoms with Crippen molar-refractivity contribution in [1.29, 1.82) is 0 Å². The van der Waals surface area contributed by atoms with Crippen LogP contribution in [0.1, 0.15) is 54.2 Å². The Kier molecular flexibility index (Phi) is 12.9. The van der Waals surface area contributed by atoms with Crippen LogP contribution in [0.3, 0.4) is 0 Å². The number of nitrogens with one attached hydrogen (secondary N) is 1. The number of non-ortho nitro benzene ring substituents is 1. The standard InChI is InChI=1S/C40H44N2O9/c1-40(2,3)51-39(44)41-35-34(50-38(43)31-19-21-33(22-20-31)42(45)46)23-32(27-47-24-28-13-7-4-8-14-28)36(48-25-29-15-9-5-10-16-29)37(35)49-26-30-17-11-6-12-18-30/h4-22,32,34-37H,23-27H2,1-3H3,(H,41,44). The van der Waals surface area contributed by atoms with Crippen LogP contribution in [0.2, 0.25) is 0 Å². The number of ether oxygens (including phenoxy) is 5. The van der Waals surface area contributed by atoms with Crippen molar-refractivity contribution in [2.75, 3.05) is 6.61 Å². The van der Waals surface area contributed by atoms with Crippen LogP contribution >= 0.6 is 0 Å². The second-order valence-electron chi connectivity index (χ2n) is 13.4. The van der Waals surface area contributed by atoms with Gasteiger partial charge in [0.25, 0.3) is 5.69 Å². The fourth-order valence-corrected chi connectivity index (χ4v) is 5.96. The Balaban J connectivity index is 1.49. The summed E-state index contributed by atoms with van der Waals surface area (Å²) in [5, 5.41) is 14.2. The Morgan fingerprint density at radius 2 is 1.25 bits per heavy atom. The molecule has 268 valence electrons. The molecule has 1 aliphatic carbocycles. The van der Waals surface area contributed by atoms with Gasteiger partial charge in [-0.1, -0.05) is 91.0 Å². The van der Waals surface area contributed by atoms with Gasteiger partial charge in [-0.2, -0.15) is 0 Å². The molecule has 5 unspecified atom stereocenters. The molecule has 4 aromatic carbocycles. The summed E-state index contributed by atoms with van der Waals surface area (Å²) in [6, 6.07) is 33.4. The van der Waals surface area contributed by atoms with Crippen LogP contribution in [0.15, 0.2) is 115 Å². The number of nitro groups is 1. The number of rotatable bonds is 14. The number of alkyl carbamates (subject to hydrolysis) is 1.